The fourth-order valence-electron chi connectivity index (χ4n) is 5.02. The van der Waals surface area contributed by atoms with Gasteiger partial charge in [-0.25, -0.2) is 8.42 Å². The predicted molar refractivity (Wildman–Crippen MR) is 132 cm³/mol. The van der Waals surface area contributed by atoms with Crippen LogP contribution in [0, 0.1) is 5.92 Å². The summed E-state index contributed by atoms with van der Waals surface area (Å²) in [6.45, 7) is 4.34. The Morgan fingerprint density at radius 2 is 1.91 bits per heavy atom. The molecule has 34 heavy (non-hydrogen) atoms. The van der Waals surface area contributed by atoms with Gasteiger partial charge in [-0.1, -0.05) is 6.58 Å². The highest BCUT2D eigenvalue weighted by atomic mass is 32.2. The summed E-state index contributed by atoms with van der Waals surface area (Å²) in [6.07, 6.45) is 6.24. The molecule has 2 aromatic rings. The lowest BCUT2D eigenvalue weighted by molar-refractivity contribution is -0.116. The van der Waals surface area contributed by atoms with Gasteiger partial charge in [-0.05, 0) is 80.0 Å². The maximum atomic E-state index is 13.2. The number of hydrogen-bond acceptors (Lipinski definition) is 5. The van der Waals surface area contributed by atoms with Crippen LogP contribution in [0.4, 0.5) is 5.69 Å². The summed E-state index contributed by atoms with van der Waals surface area (Å²) >= 11 is 1.62. The highest BCUT2D eigenvalue weighted by Gasteiger charge is 2.45. The number of anilines is 1. The van der Waals surface area contributed by atoms with Gasteiger partial charge in [0.25, 0.3) is 5.91 Å². The smallest absolute Gasteiger partial charge is 0.272 e. The van der Waals surface area contributed by atoms with Crippen molar-refractivity contribution in [2.75, 3.05) is 18.4 Å². The van der Waals surface area contributed by atoms with Gasteiger partial charge in [0.2, 0.25) is 15.9 Å². The monoisotopic (exact) mass is 500 g/mol. The summed E-state index contributed by atoms with van der Waals surface area (Å²) in [5, 5.41) is 5.90. The second-order valence-corrected chi connectivity index (χ2v) is 12.5. The Kier molecular flexibility index (Phi) is 6.30. The number of aromatic amines is 1. The first-order valence-corrected chi connectivity index (χ1v) is 13.9. The third-order valence-electron chi connectivity index (χ3n) is 6.80. The number of sulfonamides is 1. The molecule has 2 saturated heterocycles. The number of aromatic nitrogens is 1. The van der Waals surface area contributed by atoms with E-state index >= 15 is 0 Å². The van der Waals surface area contributed by atoms with Crippen LogP contribution in [-0.4, -0.2) is 53.2 Å². The van der Waals surface area contributed by atoms with E-state index in [9.17, 15) is 18.0 Å². The Bertz CT molecular complexity index is 1180. The molecule has 2 amide bonds. The number of hydrogen-bond donors (Lipinski definition) is 3. The van der Waals surface area contributed by atoms with E-state index in [1.807, 2.05) is 6.07 Å². The average Bonchev–Trinajstić information content (AvgIpc) is 3.52. The van der Waals surface area contributed by atoms with Crippen LogP contribution in [0.1, 0.15) is 41.0 Å². The Balaban J connectivity index is 1.20. The molecule has 3 N–H and O–H groups in total. The molecule has 3 aliphatic rings. The lowest BCUT2D eigenvalue weighted by Gasteiger charge is -2.19. The fraction of sp³-hybridized carbons (Fsp3) is 0.417. The number of carbonyl (C=O) groups excluding carboxylic acids is 2. The molecule has 2 aliphatic heterocycles. The SMILES string of the molecule is C=CC(=O)NC1CC2CN(S(=O)(=O)c3ccc(NC(=O)c4cc5c([nH]4)CCCC5)cc3)CC2S1. The number of benzene rings is 1. The van der Waals surface area contributed by atoms with E-state index in [2.05, 4.69) is 22.2 Å². The number of amides is 2. The molecule has 8 nitrogen and oxygen atoms in total. The van der Waals surface area contributed by atoms with Crippen molar-refractivity contribution in [3.63, 3.8) is 0 Å². The maximum Gasteiger partial charge on any atom is 0.272 e. The van der Waals surface area contributed by atoms with Crippen LogP contribution in [0.3, 0.4) is 0 Å². The summed E-state index contributed by atoms with van der Waals surface area (Å²) in [5.74, 6) is -0.224. The first-order chi connectivity index (χ1) is 16.3. The first-order valence-electron chi connectivity index (χ1n) is 11.5. The van der Waals surface area contributed by atoms with Gasteiger partial charge < -0.3 is 15.6 Å². The predicted octanol–water partition coefficient (Wildman–Crippen LogP) is 2.90. The molecule has 10 heteroatoms. The average molecular weight is 501 g/mol. The van der Waals surface area contributed by atoms with E-state index in [4.69, 9.17) is 0 Å². The zero-order valence-electron chi connectivity index (χ0n) is 18.7. The van der Waals surface area contributed by atoms with Crippen molar-refractivity contribution >= 4 is 39.3 Å². The Morgan fingerprint density at radius 3 is 2.62 bits per heavy atom. The topological polar surface area (TPSA) is 111 Å². The molecule has 0 bridgehead atoms. The summed E-state index contributed by atoms with van der Waals surface area (Å²) < 4.78 is 27.9. The molecule has 180 valence electrons. The molecule has 5 rings (SSSR count). The Hall–Kier alpha value is -2.56. The van der Waals surface area contributed by atoms with Crippen LogP contribution in [-0.2, 0) is 27.7 Å². The van der Waals surface area contributed by atoms with Gasteiger partial charge in [-0.15, -0.1) is 11.8 Å². The molecule has 2 fully saturated rings. The van der Waals surface area contributed by atoms with E-state index in [0.717, 1.165) is 37.8 Å². The summed E-state index contributed by atoms with van der Waals surface area (Å²) in [5.41, 5.74) is 3.43. The lowest BCUT2D eigenvalue weighted by atomic mass is 9.98. The molecule has 1 aliphatic carbocycles. The molecule has 0 radical (unpaired) electrons. The maximum absolute atomic E-state index is 13.2. The van der Waals surface area contributed by atoms with Crippen LogP contribution in [0.15, 0.2) is 47.9 Å². The minimum absolute atomic E-state index is 0.00142. The van der Waals surface area contributed by atoms with Gasteiger partial charge in [-0.3, -0.25) is 9.59 Å². The summed E-state index contributed by atoms with van der Waals surface area (Å²) in [6, 6.07) is 8.25. The summed E-state index contributed by atoms with van der Waals surface area (Å²) in [7, 11) is -3.63. The van der Waals surface area contributed by atoms with Crippen LogP contribution < -0.4 is 10.6 Å². The highest BCUT2D eigenvalue weighted by molar-refractivity contribution is 8.00. The van der Waals surface area contributed by atoms with Gasteiger partial charge in [0, 0.05) is 29.7 Å². The largest absolute Gasteiger partial charge is 0.354 e. The van der Waals surface area contributed by atoms with E-state index < -0.39 is 10.0 Å². The normalized spacial score (nSPS) is 24.3. The van der Waals surface area contributed by atoms with Crippen molar-refractivity contribution < 1.29 is 18.0 Å². The highest BCUT2D eigenvalue weighted by Crippen LogP contribution is 2.43. The van der Waals surface area contributed by atoms with Gasteiger partial charge in [0.1, 0.15) is 5.69 Å². The zero-order chi connectivity index (χ0) is 23.9. The lowest BCUT2D eigenvalue weighted by Crippen LogP contribution is -2.33. The van der Waals surface area contributed by atoms with Crippen molar-refractivity contribution in [1.82, 2.24) is 14.6 Å². The summed E-state index contributed by atoms with van der Waals surface area (Å²) in [4.78, 5) is 27.6. The van der Waals surface area contributed by atoms with Crippen molar-refractivity contribution in [3.8, 4) is 0 Å². The van der Waals surface area contributed by atoms with Crippen LogP contribution in [0.2, 0.25) is 0 Å². The number of nitrogens with zero attached hydrogens (tertiary/aromatic N) is 1. The fourth-order valence-corrected chi connectivity index (χ4v) is 8.28. The molecule has 3 heterocycles. The van der Waals surface area contributed by atoms with Crippen molar-refractivity contribution in [1.29, 1.82) is 0 Å². The molecule has 3 atom stereocenters. The van der Waals surface area contributed by atoms with Gasteiger partial charge in [-0.2, -0.15) is 4.31 Å². The number of rotatable bonds is 6. The number of thioether (sulfide) groups is 1. The van der Waals surface area contributed by atoms with Gasteiger partial charge >= 0.3 is 0 Å². The third-order valence-corrected chi connectivity index (χ3v) is 10.2. The van der Waals surface area contributed by atoms with E-state index in [-0.39, 0.29) is 33.3 Å². The molecule has 3 unspecified atom stereocenters. The molecule has 0 saturated carbocycles. The van der Waals surface area contributed by atoms with Gasteiger partial charge in [0.05, 0.1) is 10.3 Å². The second-order valence-electron chi connectivity index (χ2n) is 9.07. The quantitative estimate of drug-likeness (QED) is 0.528. The minimum Gasteiger partial charge on any atom is -0.354 e. The van der Waals surface area contributed by atoms with Crippen LogP contribution in [0.25, 0.3) is 0 Å². The van der Waals surface area contributed by atoms with Crippen molar-refractivity contribution in [2.24, 2.45) is 5.92 Å². The Morgan fingerprint density at radius 1 is 1.15 bits per heavy atom. The van der Waals surface area contributed by atoms with E-state index in [1.165, 1.54) is 15.9 Å². The van der Waals surface area contributed by atoms with Gasteiger partial charge in [0.15, 0.2) is 0 Å². The molecule has 0 spiro atoms. The number of nitrogens with one attached hydrogen (secondary N) is 3. The number of carbonyl (C=O) groups is 2. The standard InChI is InChI=1S/C24H28N4O4S2/c1-2-22(29)27-23-12-16-13-28(14-21(16)33-23)34(31,32)18-9-7-17(8-10-18)25-24(30)20-11-15-5-3-4-6-19(15)26-20/h2,7-11,16,21,23,26H,1,3-6,12-14H2,(H,25,30)(H,27,29). The van der Waals surface area contributed by atoms with Crippen LogP contribution in [0.5, 0.6) is 0 Å². The minimum atomic E-state index is -3.63. The van der Waals surface area contributed by atoms with E-state index in [1.54, 1.807) is 36.0 Å². The molecular formula is C24H28N4O4S2. The number of fused-ring (bicyclic) bond motifs is 2. The molecule has 1 aromatic carbocycles. The van der Waals surface area contributed by atoms with Crippen molar-refractivity contribution in [2.45, 2.75) is 47.6 Å². The third kappa shape index (κ3) is 4.54. The first kappa shape index (κ1) is 23.2. The van der Waals surface area contributed by atoms with E-state index in [0.29, 0.717) is 24.5 Å². The second kappa shape index (κ2) is 9.24. The van der Waals surface area contributed by atoms with Crippen LogP contribution >= 0.6 is 11.8 Å². The molecular weight excluding hydrogens is 472 g/mol. The number of aryl methyl sites for hydroxylation is 2. The van der Waals surface area contributed by atoms with Crippen molar-refractivity contribution in [3.05, 3.63) is 59.9 Å². The number of H-pyrrole nitrogens is 1. The molecule has 1 aromatic heterocycles. The zero-order valence-corrected chi connectivity index (χ0v) is 20.4. The Labute approximate surface area is 203 Å².